The summed E-state index contributed by atoms with van der Waals surface area (Å²) in [5.74, 6) is -1.09. The smallest absolute Gasteiger partial charge is 0.315 e. The molecule has 3 N–H and O–H groups in total. The van der Waals surface area contributed by atoms with Crippen LogP contribution in [0.5, 0.6) is 0 Å². The van der Waals surface area contributed by atoms with Crippen molar-refractivity contribution in [2.24, 2.45) is 0 Å². The molecule has 2 rings (SSSR count). The molecule has 1 heterocycles. The number of fused-ring (bicyclic) bond motifs is 1. The summed E-state index contributed by atoms with van der Waals surface area (Å²) >= 11 is 0. The number of carbonyl (C=O) groups excluding carboxylic acids is 3. The number of non-ortho nitro benzene ring substituents is 1. The van der Waals surface area contributed by atoms with Gasteiger partial charge in [0.15, 0.2) is 0 Å². The van der Waals surface area contributed by atoms with E-state index >= 15 is 0 Å². The number of hydrogen-bond acceptors (Lipinski definition) is 6. The minimum atomic E-state index is -0.763. The van der Waals surface area contributed by atoms with Crippen molar-refractivity contribution in [3.8, 4) is 0 Å². The van der Waals surface area contributed by atoms with Crippen LogP contribution in [0.2, 0.25) is 0 Å². The zero-order valence-corrected chi connectivity index (χ0v) is 14.4. The third kappa shape index (κ3) is 4.14. The van der Waals surface area contributed by atoms with E-state index in [-0.39, 0.29) is 36.5 Å². The topological polar surface area (TPSA) is 142 Å². The van der Waals surface area contributed by atoms with Gasteiger partial charge in [-0.1, -0.05) is 0 Å². The number of aliphatic hydroxyl groups is 1. The molecule has 0 atom stereocenters. The minimum absolute atomic E-state index is 0.0135. The van der Waals surface area contributed by atoms with Gasteiger partial charge in [0.25, 0.3) is 17.5 Å². The molecule has 0 aliphatic carbocycles. The molecule has 4 amide bonds. The van der Waals surface area contributed by atoms with E-state index in [9.17, 15) is 24.5 Å². The van der Waals surface area contributed by atoms with Crippen LogP contribution >= 0.6 is 0 Å². The summed E-state index contributed by atoms with van der Waals surface area (Å²) in [5.41, 5.74) is -0.867. The normalized spacial score (nSPS) is 13.6. The molecule has 0 unspecified atom stereocenters. The molecule has 0 bridgehead atoms. The lowest BCUT2D eigenvalue weighted by atomic mass is 10.1. The number of benzene rings is 1. The molecular formula is C16H20N4O6. The van der Waals surface area contributed by atoms with Gasteiger partial charge in [0.05, 0.1) is 28.2 Å². The molecule has 0 aromatic heterocycles. The van der Waals surface area contributed by atoms with Crippen LogP contribution < -0.4 is 10.6 Å². The first-order valence-corrected chi connectivity index (χ1v) is 7.98. The predicted octanol–water partition coefficient (Wildman–Crippen LogP) is 0.651. The van der Waals surface area contributed by atoms with Crippen molar-refractivity contribution in [3.63, 3.8) is 0 Å². The first kappa shape index (κ1) is 19.3. The monoisotopic (exact) mass is 364 g/mol. The van der Waals surface area contributed by atoms with Crippen molar-refractivity contribution in [2.45, 2.75) is 25.8 Å². The van der Waals surface area contributed by atoms with Gasteiger partial charge >= 0.3 is 6.03 Å². The van der Waals surface area contributed by atoms with Crippen LogP contribution in [0.4, 0.5) is 10.5 Å². The number of carbonyl (C=O) groups is 3. The second kappa shape index (κ2) is 7.48. The Morgan fingerprint density at radius 2 is 1.92 bits per heavy atom. The van der Waals surface area contributed by atoms with Crippen molar-refractivity contribution in [2.75, 3.05) is 19.7 Å². The Kier molecular flexibility index (Phi) is 5.56. The molecule has 140 valence electrons. The average molecular weight is 364 g/mol. The number of nitrogens with zero attached hydrogens (tertiary/aromatic N) is 2. The van der Waals surface area contributed by atoms with Gasteiger partial charge in [0, 0.05) is 25.2 Å². The number of rotatable bonds is 7. The lowest BCUT2D eigenvalue weighted by molar-refractivity contribution is -0.384. The Morgan fingerprint density at radius 1 is 1.27 bits per heavy atom. The molecule has 26 heavy (non-hydrogen) atoms. The Balaban J connectivity index is 1.89. The van der Waals surface area contributed by atoms with E-state index in [1.54, 1.807) is 13.8 Å². The standard InChI is InChI=1S/C16H20N4O6/c1-16(2,9-21)18-15(24)17-6-3-7-19-13(22)11-5-4-10(20(25)26)8-12(11)14(19)23/h4-5,8,21H,3,6-7,9H2,1-2H3,(H2,17,18,24). The summed E-state index contributed by atoms with van der Waals surface area (Å²) in [6, 6.07) is 3.08. The number of nitro benzene ring substituents is 1. The number of aliphatic hydroxyl groups excluding tert-OH is 1. The number of imide groups is 1. The molecule has 1 aliphatic rings. The lowest BCUT2D eigenvalue weighted by Gasteiger charge is -2.23. The minimum Gasteiger partial charge on any atom is -0.394 e. The summed E-state index contributed by atoms with van der Waals surface area (Å²) in [6.45, 7) is 3.38. The van der Waals surface area contributed by atoms with E-state index < -0.39 is 28.3 Å². The summed E-state index contributed by atoms with van der Waals surface area (Å²) < 4.78 is 0. The molecular weight excluding hydrogens is 344 g/mol. The van der Waals surface area contributed by atoms with Crippen LogP contribution in [-0.2, 0) is 0 Å². The summed E-state index contributed by atoms with van der Waals surface area (Å²) in [5, 5.41) is 25.0. The molecule has 10 heteroatoms. The molecule has 1 aliphatic heterocycles. The number of nitro groups is 1. The average Bonchev–Trinajstić information content (AvgIpc) is 2.82. The highest BCUT2D eigenvalue weighted by molar-refractivity contribution is 6.21. The van der Waals surface area contributed by atoms with E-state index in [1.165, 1.54) is 12.1 Å². The quantitative estimate of drug-likeness (QED) is 0.281. The fourth-order valence-electron chi connectivity index (χ4n) is 2.43. The molecule has 0 fully saturated rings. The number of urea groups is 1. The van der Waals surface area contributed by atoms with E-state index in [0.717, 1.165) is 11.0 Å². The predicted molar refractivity (Wildman–Crippen MR) is 90.8 cm³/mol. The first-order valence-electron chi connectivity index (χ1n) is 7.98. The first-order chi connectivity index (χ1) is 12.2. The number of hydrogen-bond donors (Lipinski definition) is 3. The Labute approximate surface area is 149 Å². The van der Waals surface area contributed by atoms with Gasteiger partial charge in [0.1, 0.15) is 0 Å². The molecule has 1 aromatic carbocycles. The van der Waals surface area contributed by atoms with Crippen LogP contribution in [-0.4, -0.2) is 58.0 Å². The van der Waals surface area contributed by atoms with E-state index in [4.69, 9.17) is 5.11 Å². The number of amides is 4. The summed E-state index contributed by atoms with van der Waals surface area (Å²) in [4.78, 5) is 47.4. The maximum absolute atomic E-state index is 12.3. The van der Waals surface area contributed by atoms with Gasteiger partial charge in [-0.2, -0.15) is 0 Å². The third-order valence-electron chi connectivity index (χ3n) is 3.86. The molecule has 0 spiro atoms. The third-order valence-corrected chi connectivity index (χ3v) is 3.86. The fourth-order valence-corrected chi connectivity index (χ4v) is 2.43. The van der Waals surface area contributed by atoms with Crippen molar-refractivity contribution in [3.05, 3.63) is 39.4 Å². The zero-order valence-electron chi connectivity index (χ0n) is 14.4. The molecule has 10 nitrogen and oxygen atoms in total. The van der Waals surface area contributed by atoms with Gasteiger partial charge in [-0.25, -0.2) is 4.79 Å². The van der Waals surface area contributed by atoms with Gasteiger partial charge in [-0.05, 0) is 26.3 Å². The highest BCUT2D eigenvalue weighted by Gasteiger charge is 2.36. The Morgan fingerprint density at radius 3 is 2.54 bits per heavy atom. The molecule has 0 saturated heterocycles. The van der Waals surface area contributed by atoms with Gasteiger partial charge in [0.2, 0.25) is 0 Å². The lowest BCUT2D eigenvalue weighted by Crippen LogP contribution is -2.50. The zero-order chi connectivity index (χ0) is 19.5. The second-order valence-corrected chi connectivity index (χ2v) is 6.53. The van der Waals surface area contributed by atoms with E-state index in [0.29, 0.717) is 6.42 Å². The highest BCUT2D eigenvalue weighted by atomic mass is 16.6. The van der Waals surface area contributed by atoms with Crippen LogP contribution in [0.15, 0.2) is 18.2 Å². The van der Waals surface area contributed by atoms with E-state index in [2.05, 4.69) is 10.6 Å². The maximum atomic E-state index is 12.3. The van der Waals surface area contributed by atoms with Crippen LogP contribution in [0.1, 0.15) is 41.0 Å². The number of nitrogens with one attached hydrogen (secondary N) is 2. The molecule has 1 aromatic rings. The van der Waals surface area contributed by atoms with Crippen molar-refractivity contribution in [1.29, 1.82) is 0 Å². The molecule has 0 saturated carbocycles. The van der Waals surface area contributed by atoms with Crippen molar-refractivity contribution >= 4 is 23.5 Å². The Bertz CT molecular complexity index is 761. The van der Waals surface area contributed by atoms with Crippen molar-refractivity contribution in [1.82, 2.24) is 15.5 Å². The fraction of sp³-hybridized carbons (Fsp3) is 0.438. The van der Waals surface area contributed by atoms with Gasteiger partial charge in [-0.15, -0.1) is 0 Å². The second-order valence-electron chi connectivity index (χ2n) is 6.53. The maximum Gasteiger partial charge on any atom is 0.315 e. The van der Waals surface area contributed by atoms with Crippen LogP contribution in [0.3, 0.4) is 0 Å². The largest absolute Gasteiger partial charge is 0.394 e. The van der Waals surface area contributed by atoms with Crippen molar-refractivity contribution < 1.29 is 24.4 Å². The van der Waals surface area contributed by atoms with Crippen LogP contribution in [0, 0.1) is 10.1 Å². The van der Waals surface area contributed by atoms with E-state index in [1.807, 2.05) is 0 Å². The van der Waals surface area contributed by atoms with Crippen LogP contribution in [0.25, 0.3) is 0 Å². The summed E-state index contributed by atoms with van der Waals surface area (Å²) in [6.07, 6.45) is 0.320. The Hall–Kier alpha value is -3.01. The SMILES string of the molecule is CC(C)(CO)NC(=O)NCCCN1C(=O)c2ccc([N+](=O)[O-])cc2C1=O. The molecule has 0 radical (unpaired) electrons. The summed E-state index contributed by atoms with van der Waals surface area (Å²) in [7, 11) is 0. The van der Waals surface area contributed by atoms with Gasteiger partial charge < -0.3 is 15.7 Å². The van der Waals surface area contributed by atoms with Gasteiger partial charge in [-0.3, -0.25) is 24.6 Å². The highest BCUT2D eigenvalue weighted by Crippen LogP contribution is 2.26.